The SMILES string of the molecule is CN(C)c1ccc(/C=C/C2=S(I)c3ccc4ccccc4c3N2C)cc1. The number of halogens is 1. The number of fused-ring (bicyclic) bond motifs is 3. The lowest BCUT2D eigenvalue weighted by molar-refractivity contribution is 1.13. The molecule has 0 bridgehead atoms. The Morgan fingerprint density at radius 1 is 0.923 bits per heavy atom. The smallest absolute Gasteiger partial charge is 0.0796 e. The molecule has 0 saturated heterocycles. The highest BCUT2D eigenvalue weighted by atomic mass is 127. The van der Waals surface area contributed by atoms with Crippen LogP contribution >= 0.6 is 28.9 Å². The molecule has 1 heterocycles. The third kappa shape index (κ3) is 3.05. The fourth-order valence-corrected chi connectivity index (χ4v) is 7.03. The van der Waals surface area contributed by atoms with Gasteiger partial charge in [-0.05, 0) is 56.4 Å². The van der Waals surface area contributed by atoms with E-state index in [-0.39, 0.29) is 7.66 Å². The molecule has 1 aliphatic rings. The normalized spacial score (nSPS) is 16.5. The molecular formula is C22H21IN2S. The summed E-state index contributed by atoms with van der Waals surface area (Å²) in [5.74, 6) is 0. The Kier molecular flexibility index (Phi) is 4.80. The zero-order valence-corrected chi connectivity index (χ0v) is 18.1. The van der Waals surface area contributed by atoms with E-state index in [0.29, 0.717) is 0 Å². The molecule has 1 unspecified atom stereocenters. The largest absolute Gasteiger partial charge is 0.378 e. The summed E-state index contributed by atoms with van der Waals surface area (Å²) in [6.45, 7) is 0. The summed E-state index contributed by atoms with van der Waals surface area (Å²) in [7, 11) is 6.38. The summed E-state index contributed by atoms with van der Waals surface area (Å²) in [5, 5.41) is 2.64. The van der Waals surface area contributed by atoms with E-state index in [4.69, 9.17) is 0 Å². The molecule has 2 nitrogen and oxygen atoms in total. The monoisotopic (exact) mass is 472 g/mol. The van der Waals surface area contributed by atoms with Crippen molar-refractivity contribution in [3.8, 4) is 0 Å². The van der Waals surface area contributed by atoms with Gasteiger partial charge in [0.2, 0.25) is 0 Å². The highest BCUT2D eigenvalue weighted by molar-refractivity contribution is 14.2. The van der Waals surface area contributed by atoms with E-state index in [1.54, 1.807) is 0 Å². The summed E-state index contributed by atoms with van der Waals surface area (Å²) in [6.07, 6.45) is 4.49. The predicted octanol–water partition coefficient (Wildman–Crippen LogP) is 6.18. The van der Waals surface area contributed by atoms with Crippen LogP contribution in [-0.4, -0.2) is 26.1 Å². The minimum Gasteiger partial charge on any atom is -0.378 e. The van der Waals surface area contributed by atoms with Crippen molar-refractivity contribution in [1.29, 1.82) is 0 Å². The molecule has 4 heteroatoms. The van der Waals surface area contributed by atoms with E-state index in [1.807, 2.05) is 0 Å². The lowest BCUT2D eigenvalue weighted by atomic mass is 10.1. The lowest BCUT2D eigenvalue weighted by Crippen LogP contribution is -2.20. The number of likely N-dealkylation sites (N-methyl/N-ethyl adjacent to an activating group) is 1. The van der Waals surface area contributed by atoms with Crippen LogP contribution in [0.15, 0.2) is 71.6 Å². The Bertz CT molecular complexity index is 1040. The summed E-state index contributed by atoms with van der Waals surface area (Å²) < 4.78 is 0. The Morgan fingerprint density at radius 2 is 1.65 bits per heavy atom. The molecule has 1 atom stereocenters. The van der Waals surface area contributed by atoms with Gasteiger partial charge in [0, 0.05) is 37.1 Å². The van der Waals surface area contributed by atoms with E-state index >= 15 is 0 Å². The minimum atomic E-state index is 0.0605. The van der Waals surface area contributed by atoms with Crippen LogP contribution in [0.2, 0.25) is 0 Å². The first-order chi connectivity index (χ1) is 12.6. The van der Waals surface area contributed by atoms with Gasteiger partial charge in [0.25, 0.3) is 0 Å². The van der Waals surface area contributed by atoms with E-state index < -0.39 is 0 Å². The molecule has 0 fully saturated rings. The fraction of sp³-hybridized carbons (Fsp3) is 0.136. The van der Waals surface area contributed by atoms with Gasteiger partial charge in [0.15, 0.2) is 0 Å². The van der Waals surface area contributed by atoms with Gasteiger partial charge in [0.05, 0.1) is 10.7 Å². The zero-order valence-electron chi connectivity index (χ0n) is 15.1. The highest BCUT2D eigenvalue weighted by Gasteiger charge is 2.24. The maximum absolute atomic E-state index is 2.58. The molecule has 26 heavy (non-hydrogen) atoms. The van der Waals surface area contributed by atoms with Gasteiger partial charge in [-0.15, -0.1) is 0 Å². The number of benzene rings is 3. The van der Waals surface area contributed by atoms with Crippen LogP contribution < -0.4 is 9.80 Å². The van der Waals surface area contributed by atoms with Gasteiger partial charge in [-0.25, -0.2) is 0 Å². The van der Waals surface area contributed by atoms with E-state index in [0.717, 1.165) is 0 Å². The maximum atomic E-state index is 2.58. The van der Waals surface area contributed by atoms with Crippen LogP contribution in [0.25, 0.3) is 16.8 Å². The third-order valence-electron chi connectivity index (χ3n) is 4.73. The first kappa shape index (κ1) is 17.6. The van der Waals surface area contributed by atoms with E-state index in [1.165, 1.54) is 37.6 Å². The molecule has 4 rings (SSSR count). The van der Waals surface area contributed by atoms with Crippen LogP contribution in [0.5, 0.6) is 0 Å². The Labute approximate surface area is 169 Å². The molecule has 3 aromatic rings. The molecule has 3 aromatic carbocycles. The van der Waals surface area contributed by atoms with Crippen molar-refractivity contribution >= 4 is 62.1 Å². The second kappa shape index (κ2) is 7.08. The summed E-state index contributed by atoms with van der Waals surface area (Å²) in [5.41, 5.74) is 3.80. The molecule has 0 aromatic heterocycles. The van der Waals surface area contributed by atoms with Gasteiger partial charge in [-0.3, -0.25) is 0 Å². The second-order valence-corrected chi connectivity index (χ2v) is 10.6. The molecule has 132 valence electrons. The van der Waals surface area contributed by atoms with Gasteiger partial charge >= 0.3 is 0 Å². The van der Waals surface area contributed by atoms with Crippen LogP contribution in [0.1, 0.15) is 5.56 Å². The van der Waals surface area contributed by atoms with Crippen LogP contribution in [-0.2, 0) is 0 Å². The van der Waals surface area contributed by atoms with Crippen molar-refractivity contribution in [2.75, 3.05) is 30.9 Å². The number of rotatable bonds is 3. The van der Waals surface area contributed by atoms with E-state index in [2.05, 4.69) is 125 Å². The first-order valence-corrected chi connectivity index (χ1v) is 12.3. The number of hydrogen-bond donors (Lipinski definition) is 0. The number of anilines is 2. The molecule has 0 radical (unpaired) electrons. The van der Waals surface area contributed by atoms with Crippen molar-refractivity contribution in [3.63, 3.8) is 0 Å². The van der Waals surface area contributed by atoms with Crippen molar-refractivity contribution in [2.45, 2.75) is 4.90 Å². The van der Waals surface area contributed by atoms with Crippen LogP contribution in [0, 0.1) is 0 Å². The molecule has 0 saturated carbocycles. The number of nitrogens with zero attached hydrogens (tertiary/aromatic N) is 2. The quantitative estimate of drug-likeness (QED) is 0.255. The molecular weight excluding hydrogens is 451 g/mol. The van der Waals surface area contributed by atoms with Gasteiger partial charge in [-0.2, -0.15) is 0 Å². The standard InChI is InChI=1S/C22H21IN2S/c1-24(2)18-12-8-16(9-13-18)10-15-21-25(3)22-19-7-5-4-6-17(19)11-14-20(22)26(21)23/h4-15H,1-3H3/b15-10+. The minimum absolute atomic E-state index is 0.0605. The lowest BCUT2D eigenvalue weighted by Gasteiger charge is -2.17. The average Bonchev–Trinajstić information content (AvgIpc) is 2.91. The highest BCUT2D eigenvalue weighted by Crippen LogP contribution is 2.51. The third-order valence-corrected chi connectivity index (χ3v) is 9.00. The van der Waals surface area contributed by atoms with Gasteiger partial charge in [-0.1, -0.05) is 56.2 Å². The molecule has 0 N–H and O–H groups in total. The van der Waals surface area contributed by atoms with Crippen molar-refractivity contribution < 1.29 is 0 Å². The molecule has 0 aliphatic carbocycles. The Balaban J connectivity index is 1.69. The Morgan fingerprint density at radius 3 is 2.38 bits per heavy atom. The summed E-state index contributed by atoms with van der Waals surface area (Å²) >= 11 is 2.58. The van der Waals surface area contributed by atoms with Gasteiger partial charge < -0.3 is 9.80 Å². The maximum Gasteiger partial charge on any atom is 0.0796 e. The summed E-state index contributed by atoms with van der Waals surface area (Å²) in [4.78, 5) is 7.26. The first-order valence-electron chi connectivity index (χ1n) is 8.55. The van der Waals surface area contributed by atoms with Crippen molar-refractivity contribution in [1.82, 2.24) is 0 Å². The zero-order chi connectivity index (χ0) is 18.3. The average molecular weight is 472 g/mol. The Hall–Kier alpha value is -1.79. The predicted molar refractivity (Wildman–Crippen MR) is 127 cm³/mol. The fourth-order valence-electron chi connectivity index (χ4n) is 3.29. The second-order valence-electron chi connectivity index (χ2n) is 6.61. The molecule has 1 aliphatic heterocycles. The van der Waals surface area contributed by atoms with Crippen molar-refractivity contribution in [3.05, 3.63) is 72.3 Å². The van der Waals surface area contributed by atoms with Gasteiger partial charge in [0.1, 0.15) is 0 Å². The molecule has 0 spiro atoms. The van der Waals surface area contributed by atoms with Crippen LogP contribution in [0.3, 0.4) is 0 Å². The van der Waals surface area contributed by atoms with E-state index in [9.17, 15) is 0 Å². The summed E-state index contributed by atoms with van der Waals surface area (Å²) in [6, 6.07) is 21.9. The van der Waals surface area contributed by atoms with Crippen molar-refractivity contribution in [2.24, 2.45) is 0 Å². The van der Waals surface area contributed by atoms with Crippen LogP contribution in [0.4, 0.5) is 11.4 Å². The number of hydrogen-bond acceptors (Lipinski definition) is 2. The topological polar surface area (TPSA) is 6.48 Å². The molecule has 0 amide bonds.